The van der Waals surface area contributed by atoms with Crippen LogP contribution >= 0.6 is 0 Å². The summed E-state index contributed by atoms with van der Waals surface area (Å²) in [5.41, 5.74) is 0.259. The molecule has 4 heterocycles. The lowest BCUT2D eigenvalue weighted by Gasteiger charge is -2.27. The van der Waals surface area contributed by atoms with Crippen LogP contribution in [0.25, 0.3) is 0 Å². The Bertz CT molecular complexity index is 1390. The summed E-state index contributed by atoms with van der Waals surface area (Å²) in [6.07, 6.45) is -3.89. The van der Waals surface area contributed by atoms with Gasteiger partial charge in [-0.1, -0.05) is 25.7 Å². The minimum absolute atomic E-state index is 0.0245. The number of ketones is 2. The van der Waals surface area contributed by atoms with Crippen LogP contribution in [-0.4, -0.2) is 59.9 Å². The molecule has 236 valence electrons. The lowest BCUT2D eigenvalue weighted by molar-refractivity contribution is -0.148. The van der Waals surface area contributed by atoms with Crippen molar-refractivity contribution in [3.63, 3.8) is 0 Å². The number of carbonyl (C=O) groups excluding carboxylic acids is 2. The number of rotatable bonds is 4. The third-order valence-corrected chi connectivity index (χ3v) is 8.58. The van der Waals surface area contributed by atoms with E-state index in [1.807, 2.05) is 0 Å². The van der Waals surface area contributed by atoms with Gasteiger partial charge in [-0.05, 0) is 25.7 Å². The highest BCUT2D eigenvalue weighted by Crippen LogP contribution is 2.36. The van der Waals surface area contributed by atoms with Gasteiger partial charge in [0.1, 0.15) is 11.4 Å². The fourth-order valence-electron chi connectivity index (χ4n) is 6.43. The standard InChI is InChI=1S/C14H16F3N3O3.C13H16F3N3O/c15-14(16,17)12-18-10(11(21)8-3-1-2-4-8)9-7-19(13(22)23)5-6-20(9)12;14-13(15,16)12-18-10(9-7-17-5-6-19(9)12)11(20)8-3-1-2-4-8/h8H,1-7H2,(H,22,23);8,17H,1-7H2. The number of hydrogen-bond acceptors (Lipinski definition) is 6. The topological polar surface area (TPSA) is 122 Å². The summed E-state index contributed by atoms with van der Waals surface area (Å²) < 4.78 is 80.6. The first kappa shape index (κ1) is 31.0. The number of Topliss-reactive ketones (excluding diaryl/α,β-unsaturated/α-hetero) is 2. The Morgan fingerprint density at radius 3 is 1.65 bits per heavy atom. The van der Waals surface area contributed by atoms with Gasteiger partial charge in [-0.2, -0.15) is 26.3 Å². The van der Waals surface area contributed by atoms with E-state index >= 15 is 0 Å². The normalized spacial score (nSPS) is 19.5. The summed E-state index contributed by atoms with van der Waals surface area (Å²) >= 11 is 0. The van der Waals surface area contributed by atoms with Gasteiger partial charge in [0, 0.05) is 44.6 Å². The number of halogens is 6. The predicted octanol–water partition coefficient (Wildman–Crippen LogP) is 5.15. The molecule has 2 aliphatic carbocycles. The molecule has 1 amide bonds. The monoisotopic (exact) mass is 618 g/mol. The van der Waals surface area contributed by atoms with Crippen LogP contribution in [0, 0.1) is 11.8 Å². The molecule has 0 bridgehead atoms. The van der Waals surface area contributed by atoms with E-state index in [1.165, 1.54) is 0 Å². The molecule has 16 heteroatoms. The molecule has 6 rings (SSSR count). The highest BCUT2D eigenvalue weighted by atomic mass is 19.4. The fourth-order valence-corrected chi connectivity index (χ4v) is 6.43. The molecule has 2 aromatic rings. The second-order valence-electron chi connectivity index (χ2n) is 11.3. The van der Waals surface area contributed by atoms with Crippen molar-refractivity contribution >= 4 is 17.7 Å². The molecule has 0 radical (unpaired) electrons. The maximum atomic E-state index is 13.2. The van der Waals surface area contributed by atoms with Crippen LogP contribution in [0.4, 0.5) is 31.1 Å². The number of imidazole rings is 2. The Morgan fingerprint density at radius 2 is 1.19 bits per heavy atom. The van der Waals surface area contributed by atoms with E-state index < -0.39 is 35.9 Å². The average molecular weight is 619 g/mol. The first-order valence-corrected chi connectivity index (χ1v) is 14.4. The summed E-state index contributed by atoms with van der Waals surface area (Å²) in [7, 11) is 0. The Balaban J connectivity index is 0.000000173. The van der Waals surface area contributed by atoms with Crippen molar-refractivity contribution in [1.82, 2.24) is 29.3 Å². The van der Waals surface area contributed by atoms with Crippen LogP contribution in [0.3, 0.4) is 0 Å². The molecular formula is C27H32F6N6O4. The van der Waals surface area contributed by atoms with Gasteiger partial charge in [0.05, 0.1) is 17.9 Å². The molecule has 2 N–H and O–H groups in total. The van der Waals surface area contributed by atoms with Crippen molar-refractivity contribution in [3.8, 4) is 0 Å². The van der Waals surface area contributed by atoms with Crippen molar-refractivity contribution < 1.29 is 45.8 Å². The summed E-state index contributed by atoms with van der Waals surface area (Å²) in [4.78, 5) is 44.2. The van der Waals surface area contributed by atoms with Gasteiger partial charge >= 0.3 is 18.4 Å². The summed E-state index contributed by atoms with van der Waals surface area (Å²) in [6.45, 7) is 0.488. The number of hydrogen-bond donors (Lipinski definition) is 2. The van der Waals surface area contributed by atoms with Crippen molar-refractivity contribution in [2.24, 2.45) is 11.8 Å². The summed E-state index contributed by atoms with van der Waals surface area (Å²) in [6, 6.07) is 0. The van der Waals surface area contributed by atoms with E-state index in [0.717, 1.165) is 52.6 Å². The number of nitrogens with zero attached hydrogens (tertiary/aromatic N) is 5. The molecule has 43 heavy (non-hydrogen) atoms. The molecular weight excluding hydrogens is 586 g/mol. The van der Waals surface area contributed by atoms with E-state index in [9.17, 15) is 40.7 Å². The zero-order valence-electron chi connectivity index (χ0n) is 23.2. The second-order valence-corrected chi connectivity index (χ2v) is 11.3. The predicted molar refractivity (Wildman–Crippen MR) is 137 cm³/mol. The number of amides is 1. The Kier molecular flexibility index (Phi) is 8.60. The number of fused-ring (bicyclic) bond motifs is 2. The molecule has 0 atom stereocenters. The third-order valence-electron chi connectivity index (χ3n) is 8.58. The Labute approximate surface area is 242 Å². The van der Waals surface area contributed by atoms with Gasteiger partial charge in [0.25, 0.3) is 0 Å². The number of aromatic nitrogens is 4. The highest BCUT2D eigenvalue weighted by Gasteiger charge is 2.43. The van der Waals surface area contributed by atoms with Gasteiger partial charge in [-0.25, -0.2) is 14.8 Å². The molecule has 2 fully saturated rings. The fraction of sp³-hybridized carbons (Fsp3) is 0.667. The first-order chi connectivity index (χ1) is 20.3. The number of alkyl halides is 6. The lowest BCUT2D eigenvalue weighted by Crippen LogP contribution is -2.38. The summed E-state index contributed by atoms with van der Waals surface area (Å²) in [5, 5.41) is 12.1. The quantitative estimate of drug-likeness (QED) is 0.359. The molecule has 4 aliphatic rings. The second kappa shape index (κ2) is 11.9. The molecule has 10 nitrogen and oxygen atoms in total. The van der Waals surface area contributed by atoms with Crippen LogP contribution in [0.5, 0.6) is 0 Å². The summed E-state index contributed by atoms with van der Waals surface area (Å²) in [5.74, 6) is -3.12. The van der Waals surface area contributed by atoms with Gasteiger partial charge in [0.15, 0.2) is 11.6 Å². The van der Waals surface area contributed by atoms with Crippen molar-refractivity contribution in [1.29, 1.82) is 0 Å². The van der Waals surface area contributed by atoms with E-state index in [1.54, 1.807) is 0 Å². The molecule has 0 unspecified atom stereocenters. The highest BCUT2D eigenvalue weighted by molar-refractivity contribution is 5.98. The van der Waals surface area contributed by atoms with Crippen molar-refractivity contribution in [2.75, 3.05) is 13.1 Å². The maximum absolute atomic E-state index is 13.2. The van der Waals surface area contributed by atoms with Crippen molar-refractivity contribution in [2.45, 2.75) is 89.9 Å². The molecule has 2 aliphatic heterocycles. The van der Waals surface area contributed by atoms with Gasteiger partial charge in [0.2, 0.25) is 11.6 Å². The SMILES string of the molecule is O=C(c1nc(C(F)(F)F)n2c1CN(C(=O)O)CC2)C1CCCC1.O=C(c1nc(C(F)(F)F)n2c1CNCC2)C1CCCC1. The molecule has 2 aromatic heterocycles. The van der Waals surface area contributed by atoms with Crippen LogP contribution in [0.15, 0.2) is 0 Å². The van der Waals surface area contributed by atoms with E-state index in [4.69, 9.17) is 5.11 Å². The van der Waals surface area contributed by atoms with Crippen LogP contribution in [0.2, 0.25) is 0 Å². The minimum atomic E-state index is -4.67. The average Bonchev–Trinajstić information content (AvgIpc) is 3.77. The molecule has 0 saturated heterocycles. The van der Waals surface area contributed by atoms with Gasteiger partial charge in [-0.3, -0.25) is 9.59 Å². The van der Waals surface area contributed by atoms with Crippen LogP contribution in [-0.2, 0) is 38.5 Å². The number of carboxylic acid groups (broad SMARTS) is 1. The minimum Gasteiger partial charge on any atom is -0.465 e. The molecule has 0 aromatic carbocycles. The number of nitrogens with one attached hydrogen (secondary N) is 1. The molecule has 2 saturated carbocycles. The first-order valence-electron chi connectivity index (χ1n) is 14.4. The largest absolute Gasteiger partial charge is 0.465 e. The zero-order chi connectivity index (χ0) is 31.1. The van der Waals surface area contributed by atoms with E-state index in [0.29, 0.717) is 25.1 Å². The van der Waals surface area contributed by atoms with Gasteiger partial charge in [-0.15, -0.1) is 0 Å². The van der Waals surface area contributed by atoms with Gasteiger partial charge < -0.3 is 24.5 Å². The van der Waals surface area contributed by atoms with Crippen LogP contribution < -0.4 is 5.32 Å². The molecule has 0 spiro atoms. The van der Waals surface area contributed by atoms with E-state index in [2.05, 4.69) is 15.3 Å². The smallest absolute Gasteiger partial charge is 0.449 e. The number of carbonyl (C=O) groups is 3. The van der Waals surface area contributed by atoms with Crippen LogP contribution in [0.1, 0.15) is 95.4 Å². The third kappa shape index (κ3) is 6.29. The zero-order valence-corrected chi connectivity index (χ0v) is 23.2. The van der Waals surface area contributed by atoms with E-state index in [-0.39, 0.29) is 67.4 Å². The Morgan fingerprint density at radius 1 is 0.721 bits per heavy atom. The Hall–Kier alpha value is -3.43. The maximum Gasteiger partial charge on any atom is 0.449 e. The van der Waals surface area contributed by atoms with Crippen molar-refractivity contribution in [3.05, 3.63) is 34.4 Å². The lowest BCUT2D eigenvalue weighted by atomic mass is 9.98.